The summed E-state index contributed by atoms with van der Waals surface area (Å²) in [6.07, 6.45) is 4.31. The number of anilines is 1. The topological polar surface area (TPSA) is 76.2 Å². The van der Waals surface area contributed by atoms with Crippen LogP contribution in [0.4, 0.5) is 5.69 Å². The molecule has 34 heavy (non-hydrogen) atoms. The third-order valence-corrected chi connectivity index (χ3v) is 6.74. The Morgan fingerprint density at radius 3 is 2.79 bits per heavy atom. The van der Waals surface area contributed by atoms with E-state index in [1.54, 1.807) is 6.07 Å². The molecule has 0 unspecified atom stereocenters. The van der Waals surface area contributed by atoms with E-state index in [0.29, 0.717) is 29.0 Å². The number of aromatic nitrogens is 3. The number of carbonyl (C=O) groups excluding carboxylic acids is 1. The lowest BCUT2D eigenvalue weighted by molar-refractivity contribution is -0.116. The number of halogens is 1. The van der Waals surface area contributed by atoms with Gasteiger partial charge in [-0.3, -0.25) is 9.69 Å². The van der Waals surface area contributed by atoms with Gasteiger partial charge in [-0.15, -0.1) is 10.2 Å². The van der Waals surface area contributed by atoms with Crippen molar-refractivity contribution >= 4 is 34.1 Å². The molecule has 7 nitrogen and oxygen atoms in total. The van der Waals surface area contributed by atoms with Crippen LogP contribution in [0, 0.1) is 12.8 Å². The van der Waals surface area contributed by atoms with E-state index in [1.165, 1.54) is 12.8 Å². The second kappa shape index (κ2) is 9.60. The Bertz CT molecular complexity index is 1320. The van der Waals surface area contributed by atoms with Crippen LogP contribution in [0.25, 0.3) is 22.4 Å². The zero-order valence-electron chi connectivity index (χ0n) is 19.4. The highest BCUT2D eigenvalue weighted by atomic mass is 35.5. The molecule has 4 aromatic rings. The van der Waals surface area contributed by atoms with Crippen LogP contribution in [0.1, 0.15) is 31.2 Å². The van der Waals surface area contributed by atoms with Crippen LogP contribution in [0.2, 0.25) is 5.02 Å². The van der Waals surface area contributed by atoms with Crippen molar-refractivity contribution in [3.63, 3.8) is 0 Å². The predicted molar refractivity (Wildman–Crippen MR) is 134 cm³/mol. The van der Waals surface area contributed by atoms with Crippen LogP contribution in [0.3, 0.4) is 0 Å². The van der Waals surface area contributed by atoms with E-state index >= 15 is 0 Å². The Kier molecular flexibility index (Phi) is 6.39. The van der Waals surface area contributed by atoms with Crippen LogP contribution in [0.15, 0.2) is 53.1 Å². The standard InChI is InChI=1S/C26H28ClN5O2/c1-17-9-11-31(12-10-17)16-25-29-30-26(34-25)21-14-32(23-6-4-3-5-20(21)23)15-24(33)28-22-13-19(27)8-7-18(22)2/h3-8,13-14,17H,9-12,15-16H2,1-2H3,(H,28,33). The maximum absolute atomic E-state index is 12.9. The van der Waals surface area contributed by atoms with E-state index in [9.17, 15) is 4.79 Å². The summed E-state index contributed by atoms with van der Waals surface area (Å²) in [7, 11) is 0. The molecular formula is C26H28ClN5O2. The fourth-order valence-corrected chi connectivity index (χ4v) is 4.63. The summed E-state index contributed by atoms with van der Waals surface area (Å²) in [4.78, 5) is 15.2. The van der Waals surface area contributed by atoms with Gasteiger partial charge in [0.15, 0.2) is 0 Å². The number of hydrogen-bond acceptors (Lipinski definition) is 5. The van der Waals surface area contributed by atoms with Gasteiger partial charge >= 0.3 is 0 Å². The fraction of sp³-hybridized carbons (Fsp3) is 0.346. The van der Waals surface area contributed by atoms with Crippen LogP contribution >= 0.6 is 11.6 Å². The Labute approximate surface area is 203 Å². The van der Waals surface area contributed by atoms with Crippen LogP contribution in [-0.2, 0) is 17.9 Å². The Hall–Kier alpha value is -3.16. The van der Waals surface area contributed by atoms with Crippen molar-refractivity contribution in [2.75, 3.05) is 18.4 Å². The Balaban J connectivity index is 1.36. The van der Waals surface area contributed by atoms with E-state index in [1.807, 2.05) is 54.1 Å². The monoisotopic (exact) mass is 477 g/mol. The summed E-state index contributed by atoms with van der Waals surface area (Å²) in [5.41, 5.74) is 3.42. The lowest BCUT2D eigenvalue weighted by atomic mass is 9.99. The molecule has 3 heterocycles. The van der Waals surface area contributed by atoms with E-state index < -0.39 is 0 Å². The van der Waals surface area contributed by atoms with Crippen molar-refractivity contribution in [2.45, 2.75) is 39.8 Å². The summed E-state index contributed by atoms with van der Waals surface area (Å²) in [6.45, 7) is 7.17. The molecule has 0 bridgehead atoms. The smallest absolute Gasteiger partial charge is 0.249 e. The fourth-order valence-electron chi connectivity index (χ4n) is 4.46. The average Bonchev–Trinajstić information content (AvgIpc) is 3.43. The first-order valence-corrected chi connectivity index (χ1v) is 12.0. The second-order valence-corrected chi connectivity index (χ2v) is 9.59. The van der Waals surface area contributed by atoms with Gasteiger partial charge in [-0.05, 0) is 62.5 Å². The van der Waals surface area contributed by atoms with Crippen LogP contribution in [-0.4, -0.2) is 38.7 Å². The third-order valence-electron chi connectivity index (χ3n) is 6.51. The summed E-state index contributed by atoms with van der Waals surface area (Å²) < 4.78 is 7.97. The highest BCUT2D eigenvalue weighted by molar-refractivity contribution is 6.31. The average molecular weight is 478 g/mol. The zero-order chi connectivity index (χ0) is 23.7. The number of rotatable bonds is 6. The van der Waals surface area contributed by atoms with Crippen molar-refractivity contribution in [2.24, 2.45) is 5.92 Å². The lowest BCUT2D eigenvalue weighted by Crippen LogP contribution is -2.32. The van der Waals surface area contributed by atoms with Gasteiger partial charge in [-0.1, -0.05) is 42.8 Å². The first kappa shape index (κ1) is 22.6. The van der Waals surface area contributed by atoms with Gasteiger partial charge < -0.3 is 14.3 Å². The van der Waals surface area contributed by atoms with Crippen molar-refractivity contribution < 1.29 is 9.21 Å². The molecule has 5 rings (SSSR count). The van der Waals surface area contributed by atoms with Crippen LogP contribution in [0.5, 0.6) is 0 Å². The highest BCUT2D eigenvalue weighted by Gasteiger charge is 2.20. The number of piperidine rings is 1. The molecule has 0 atom stereocenters. The van der Waals surface area contributed by atoms with E-state index in [2.05, 4.69) is 27.3 Å². The molecule has 0 spiro atoms. The van der Waals surface area contributed by atoms with E-state index in [4.69, 9.17) is 16.0 Å². The Morgan fingerprint density at radius 1 is 1.18 bits per heavy atom. The van der Waals surface area contributed by atoms with Crippen molar-refractivity contribution in [3.8, 4) is 11.5 Å². The maximum atomic E-state index is 12.9. The van der Waals surface area contributed by atoms with Crippen molar-refractivity contribution in [1.82, 2.24) is 19.7 Å². The van der Waals surface area contributed by atoms with E-state index in [-0.39, 0.29) is 12.5 Å². The number of amides is 1. The molecule has 2 aromatic heterocycles. The van der Waals surface area contributed by atoms with E-state index in [0.717, 1.165) is 41.0 Å². The summed E-state index contributed by atoms with van der Waals surface area (Å²) in [5.74, 6) is 1.74. The molecule has 2 aromatic carbocycles. The van der Waals surface area contributed by atoms with Gasteiger partial charge in [-0.2, -0.15) is 0 Å². The molecule has 176 valence electrons. The molecule has 1 saturated heterocycles. The second-order valence-electron chi connectivity index (χ2n) is 9.15. The minimum Gasteiger partial charge on any atom is -0.419 e. The number of nitrogens with one attached hydrogen (secondary N) is 1. The zero-order valence-corrected chi connectivity index (χ0v) is 20.2. The molecule has 0 radical (unpaired) electrons. The van der Waals surface area contributed by atoms with Crippen LogP contribution < -0.4 is 5.32 Å². The predicted octanol–water partition coefficient (Wildman–Crippen LogP) is 5.52. The quantitative estimate of drug-likeness (QED) is 0.395. The molecule has 1 N–H and O–H groups in total. The molecule has 8 heteroatoms. The van der Waals surface area contributed by atoms with Gasteiger partial charge in [0, 0.05) is 27.8 Å². The van der Waals surface area contributed by atoms with Crippen molar-refractivity contribution in [3.05, 3.63) is 65.1 Å². The molecule has 1 amide bonds. The number of hydrogen-bond donors (Lipinski definition) is 1. The highest BCUT2D eigenvalue weighted by Crippen LogP contribution is 2.30. The summed E-state index contributed by atoms with van der Waals surface area (Å²) >= 11 is 6.10. The minimum absolute atomic E-state index is 0.136. The van der Waals surface area contributed by atoms with Gasteiger partial charge in [0.1, 0.15) is 6.54 Å². The van der Waals surface area contributed by atoms with Gasteiger partial charge in [0.2, 0.25) is 17.7 Å². The molecule has 1 fully saturated rings. The summed E-state index contributed by atoms with van der Waals surface area (Å²) in [6, 6.07) is 13.4. The number of para-hydroxylation sites is 1. The molecule has 0 saturated carbocycles. The molecule has 1 aliphatic heterocycles. The van der Waals surface area contributed by atoms with Gasteiger partial charge in [0.05, 0.1) is 12.1 Å². The molecular weight excluding hydrogens is 450 g/mol. The molecule has 0 aliphatic carbocycles. The lowest BCUT2D eigenvalue weighted by Gasteiger charge is -2.28. The number of carbonyl (C=O) groups is 1. The number of benzene rings is 2. The first-order chi connectivity index (χ1) is 16.5. The molecule has 1 aliphatic rings. The number of likely N-dealkylation sites (tertiary alicyclic amines) is 1. The number of aryl methyl sites for hydroxylation is 1. The summed E-state index contributed by atoms with van der Waals surface area (Å²) in [5, 5.41) is 13.1. The first-order valence-electron chi connectivity index (χ1n) is 11.7. The van der Waals surface area contributed by atoms with Gasteiger partial charge in [-0.25, -0.2) is 0 Å². The normalized spacial score (nSPS) is 15.1. The largest absolute Gasteiger partial charge is 0.419 e. The number of nitrogens with zero attached hydrogens (tertiary/aromatic N) is 4. The Morgan fingerprint density at radius 2 is 1.97 bits per heavy atom. The SMILES string of the molecule is Cc1ccc(Cl)cc1NC(=O)Cn1cc(-c2nnc(CN3CCC(C)CC3)o2)c2ccccc21. The number of fused-ring (bicyclic) bond motifs is 1. The maximum Gasteiger partial charge on any atom is 0.249 e. The minimum atomic E-state index is -0.136. The van der Waals surface area contributed by atoms with Gasteiger partial charge in [0.25, 0.3) is 0 Å². The van der Waals surface area contributed by atoms with Crippen molar-refractivity contribution in [1.29, 1.82) is 0 Å². The third kappa shape index (κ3) is 4.86.